The Morgan fingerprint density at radius 3 is 2.76 bits per heavy atom. The number of nitrogens with zero attached hydrogens (tertiary/aromatic N) is 1. The largest absolute Gasteiger partial charge is 0.354 e. The predicted octanol–water partition coefficient (Wildman–Crippen LogP) is 1.90. The smallest absolute Gasteiger partial charge is 0.237 e. The fourth-order valence-electron chi connectivity index (χ4n) is 3.87. The first-order valence-corrected chi connectivity index (χ1v) is 9.50. The normalized spacial score (nSPS) is 24.8. The third-order valence-corrected chi connectivity index (χ3v) is 5.44. The van der Waals surface area contributed by atoms with Crippen LogP contribution in [0.3, 0.4) is 0 Å². The molecule has 25 heavy (non-hydrogen) atoms. The molecular weight excluding hydrogens is 314 g/mol. The summed E-state index contributed by atoms with van der Waals surface area (Å²) in [7, 11) is 0. The molecule has 3 unspecified atom stereocenters. The number of likely N-dealkylation sites (tertiary alicyclic amines) is 1. The standard InChI is InChI=1S/C20H29N3O2/c1-15(17-8-3-2-4-9-17)20(25)23-12-6-7-16(14-23)13-22-19(24)18-10-5-11-21-18/h2-4,8-9,15-16,18,21H,5-7,10-14H2,1H3,(H,22,24). The lowest BCUT2D eigenvalue weighted by molar-refractivity contribution is -0.134. The van der Waals surface area contributed by atoms with Gasteiger partial charge in [-0.15, -0.1) is 0 Å². The molecule has 5 nitrogen and oxygen atoms in total. The van der Waals surface area contributed by atoms with Crippen molar-refractivity contribution in [3.63, 3.8) is 0 Å². The van der Waals surface area contributed by atoms with Crippen molar-refractivity contribution < 1.29 is 9.59 Å². The molecule has 3 atom stereocenters. The minimum absolute atomic E-state index is 0.0283. The Bertz CT molecular complexity index is 584. The van der Waals surface area contributed by atoms with Gasteiger partial charge >= 0.3 is 0 Å². The summed E-state index contributed by atoms with van der Waals surface area (Å²) in [6.45, 7) is 5.15. The number of amides is 2. The summed E-state index contributed by atoms with van der Waals surface area (Å²) in [5.74, 6) is 0.543. The van der Waals surface area contributed by atoms with Gasteiger partial charge in [-0.2, -0.15) is 0 Å². The van der Waals surface area contributed by atoms with Crippen LogP contribution in [0.25, 0.3) is 0 Å². The van der Waals surface area contributed by atoms with Crippen LogP contribution in [-0.2, 0) is 9.59 Å². The molecule has 0 radical (unpaired) electrons. The average molecular weight is 343 g/mol. The molecule has 0 saturated carbocycles. The van der Waals surface area contributed by atoms with Gasteiger partial charge in [0.1, 0.15) is 0 Å². The van der Waals surface area contributed by atoms with Crippen molar-refractivity contribution in [3.8, 4) is 0 Å². The Labute approximate surface area is 150 Å². The lowest BCUT2D eigenvalue weighted by Crippen LogP contribution is -2.47. The van der Waals surface area contributed by atoms with Gasteiger partial charge in [-0.05, 0) is 50.6 Å². The first kappa shape index (κ1) is 17.9. The van der Waals surface area contributed by atoms with Crippen LogP contribution in [0.2, 0.25) is 0 Å². The van der Waals surface area contributed by atoms with Gasteiger partial charge in [0.15, 0.2) is 0 Å². The number of carbonyl (C=O) groups excluding carboxylic acids is 2. The zero-order chi connectivity index (χ0) is 17.6. The van der Waals surface area contributed by atoms with E-state index >= 15 is 0 Å². The van der Waals surface area contributed by atoms with Crippen molar-refractivity contribution in [1.29, 1.82) is 0 Å². The highest BCUT2D eigenvalue weighted by molar-refractivity contribution is 5.83. The van der Waals surface area contributed by atoms with Crippen LogP contribution < -0.4 is 10.6 Å². The molecule has 2 fully saturated rings. The van der Waals surface area contributed by atoms with Crippen LogP contribution in [0.4, 0.5) is 0 Å². The summed E-state index contributed by atoms with van der Waals surface area (Å²) in [6.07, 6.45) is 4.08. The van der Waals surface area contributed by atoms with Crippen LogP contribution in [0.1, 0.15) is 44.1 Å². The second-order valence-electron chi connectivity index (χ2n) is 7.32. The number of hydrogen-bond donors (Lipinski definition) is 2. The molecule has 2 amide bonds. The Balaban J connectivity index is 1.50. The zero-order valence-corrected chi connectivity index (χ0v) is 15.0. The summed E-state index contributed by atoms with van der Waals surface area (Å²) >= 11 is 0. The van der Waals surface area contributed by atoms with E-state index in [1.54, 1.807) is 0 Å². The number of benzene rings is 1. The van der Waals surface area contributed by atoms with Crippen LogP contribution >= 0.6 is 0 Å². The van der Waals surface area contributed by atoms with Gasteiger partial charge in [0.05, 0.1) is 12.0 Å². The van der Waals surface area contributed by atoms with E-state index < -0.39 is 0 Å². The molecule has 5 heteroatoms. The van der Waals surface area contributed by atoms with Gasteiger partial charge < -0.3 is 15.5 Å². The van der Waals surface area contributed by atoms with Gasteiger partial charge in [0.2, 0.25) is 11.8 Å². The van der Waals surface area contributed by atoms with Crippen molar-refractivity contribution in [3.05, 3.63) is 35.9 Å². The average Bonchev–Trinajstić information content (AvgIpc) is 3.21. The van der Waals surface area contributed by atoms with Gasteiger partial charge in [0.25, 0.3) is 0 Å². The first-order chi connectivity index (χ1) is 12.1. The highest BCUT2D eigenvalue weighted by Gasteiger charge is 2.28. The second-order valence-corrected chi connectivity index (χ2v) is 7.32. The molecule has 3 rings (SSSR count). The summed E-state index contributed by atoms with van der Waals surface area (Å²) in [5, 5.41) is 6.30. The van der Waals surface area contributed by atoms with E-state index in [0.29, 0.717) is 12.5 Å². The molecule has 0 bridgehead atoms. The minimum atomic E-state index is -0.114. The van der Waals surface area contributed by atoms with Crippen molar-refractivity contribution in [2.75, 3.05) is 26.2 Å². The monoisotopic (exact) mass is 343 g/mol. The maximum Gasteiger partial charge on any atom is 0.237 e. The van der Waals surface area contributed by atoms with Crippen LogP contribution in [0.15, 0.2) is 30.3 Å². The van der Waals surface area contributed by atoms with Crippen molar-refractivity contribution in [1.82, 2.24) is 15.5 Å². The van der Waals surface area contributed by atoms with E-state index in [4.69, 9.17) is 0 Å². The number of rotatable bonds is 5. The molecule has 2 aliphatic rings. The molecule has 2 heterocycles. The van der Waals surface area contributed by atoms with Crippen molar-refractivity contribution >= 4 is 11.8 Å². The van der Waals surface area contributed by atoms with E-state index in [1.165, 1.54) is 0 Å². The SMILES string of the molecule is CC(C(=O)N1CCCC(CNC(=O)C2CCCN2)C1)c1ccccc1. The number of piperidine rings is 1. The molecule has 2 N–H and O–H groups in total. The Morgan fingerprint density at radius 2 is 2.04 bits per heavy atom. The van der Waals surface area contributed by atoms with E-state index in [2.05, 4.69) is 10.6 Å². The van der Waals surface area contributed by atoms with Gasteiger partial charge in [-0.1, -0.05) is 30.3 Å². The topological polar surface area (TPSA) is 61.4 Å². The number of nitrogens with one attached hydrogen (secondary N) is 2. The Kier molecular flexibility index (Phi) is 6.08. The van der Waals surface area contributed by atoms with Crippen molar-refractivity contribution in [2.24, 2.45) is 5.92 Å². The molecule has 1 aromatic rings. The molecule has 0 aliphatic carbocycles. The quantitative estimate of drug-likeness (QED) is 0.858. The summed E-state index contributed by atoms with van der Waals surface area (Å²) < 4.78 is 0. The summed E-state index contributed by atoms with van der Waals surface area (Å²) in [4.78, 5) is 26.9. The Morgan fingerprint density at radius 1 is 1.24 bits per heavy atom. The van der Waals surface area contributed by atoms with Gasteiger partial charge in [0, 0.05) is 19.6 Å². The summed E-state index contributed by atoms with van der Waals surface area (Å²) in [5.41, 5.74) is 1.07. The minimum Gasteiger partial charge on any atom is -0.354 e. The van der Waals surface area contributed by atoms with Gasteiger partial charge in [-0.3, -0.25) is 9.59 Å². The molecular formula is C20H29N3O2. The number of hydrogen-bond acceptors (Lipinski definition) is 3. The maximum atomic E-state index is 12.8. The zero-order valence-electron chi connectivity index (χ0n) is 15.0. The highest BCUT2D eigenvalue weighted by atomic mass is 16.2. The van der Waals surface area contributed by atoms with Crippen LogP contribution in [0.5, 0.6) is 0 Å². The number of carbonyl (C=O) groups is 2. The summed E-state index contributed by atoms with van der Waals surface area (Å²) in [6, 6.07) is 9.92. The lowest BCUT2D eigenvalue weighted by atomic mass is 9.94. The van der Waals surface area contributed by atoms with Crippen molar-refractivity contribution in [2.45, 2.75) is 44.6 Å². The van der Waals surface area contributed by atoms with E-state index in [-0.39, 0.29) is 23.8 Å². The molecule has 2 saturated heterocycles. The van der Waals surface area contributed by atoms with Crippen LogP contribution in [-0.4, -0.2) is 48.9 Å². The molecule has 0 spiro atoms. The highest BCUT2D eigenvalue weighted by Crippen LogP contribution is 2.22. The predicted molar refractivity (Wildman–Crippen MR) is 98.2 cm³/mol. The van der Waals surface area contributed by atoms with E-state index in [0.717, 1.165) is 50.9 Å². The third kappa shape index (κ3) is 4.60. The van der Waals surface area contributed by atoms with E-state index in [1.807, 2.05) is 42.2 Å². The second kappa shape index (κ2) is 8.48. The fraction of sp³-hybridized carbons (Fsp3) is 0.600. The fourth-order valence-corrected chi connectivity index (χ4v) is 3.87. The lowest BCUT2D eigenvalue weighted by Gasteiger charge is -2.34. The molecule has 2 aliphatic heterocycles. The van der Waals surface area contributed by atoms with Crippen LogP contribution in [0, 0.1) is 5.92 Å². The van der Waals surface area contributed by atoms with Gasteiger partial charge in [-0.25, -0.2) is 0 Å². The Hall–Kier alpha value is -1.88. The molecule has 136 valence electrons. The molecule has 0 aromatic heterocycles. The maximum absolute atomic E-state index is 12.8. The first-order valence-electron chi connectivity index (χ1n) is 9.50. The molecule has 1 aromatic carbocycles. The third-order valence-electron chi connectivity index (χ3n) is 5.44. The van der Waals surface area contributed by atoms with E-state index in [9.17, 15) is 9.59 Å².